The maximum Gasteiger partial charge on any atom is 0.157 e. The average molecular weight is 422 g/mol. The first-order chi connectivity index (χ1) is 10.2. The fourth-order valence-corrected chi connectivity index (χ4v) is 3.16. The van der Waals surface area contributed by atoms with Crippen molar-refractivity contribution >= 4 is 34.2 Å². The predicted octanol–water partition coefficient (Wildman–Crippen LogP) is 4.13. The van der Waals surface area contributed by atoms with Crippen LogP contribution in [0.4, 0.5) is 0 Å². The Balaban J connectivity index is 1.74. The van der Waals surface area contributed by atoms with E-state index in [0.717, 1.165) is 35.9 Å². The van der Waals surface area contributed by atoms with Gasteiger partial charge in [-0.3, -0.25) is 0 Å². The smallest absolute Gasteiger partial charge is 0.157 e. The van der Waals surface area contributed by atoms with E-state index in [1.165, 1.54) is 0 Å². The molecule has 0 N–H and O–H groups in total. The number of nitrogens with zero attached hydrogens (tertiary/aromatic N) is 1. The summed E-state index contributed by atoms with van der Waals surface area (Å²) in [5.41, 5.74) is 0.571. The summed E-state index contributed by atoms with van der Waals surface area (Å²) in [4.78, 5) is 0. The Morgan fingerprint density at radius 3 is 2.95 bits per heavy atom. The van der Waals surface area contributed by atoms with Crippen molar-refractivity contribution in [2.45, 2.75) is 32.0 Å². The van der Waals surface area contributed by atoms with E-state index in [-0.39, 0.29) is 6.29 Å². The Labute approximate surface area is 143 Å². The molecule has 1 aliphatic heterocycles. The van der Waals surface area contributed by atoms with E-state index in [4.69, 9.17) is 31.1 Å². The number of benzene rings is 1. The van der Waals surface area contributed by atoms with E-state index >= 15 is 0 Å². The van der Waals surface area contributed by atoms with Gasteiger partial charge in [-0.15, -0.1) is 0 Å². The fourth-order valence-electron chi connectivity index (χ4n) is 2.04. The topological polar surface area (TPSA) is 51.5 Å². The van der Waals surface area contributed by atoms with Crippen LogP contribution in [0.5, 0.6) is 5.75 Å². The molecule has 0 saturated carbocycles. The standard InChI is InChI=1S/C15H17ClINO3/c16-12-6-5-11(10-18)14(17)15(12)21-9-3-8-20-13-4-1-2-7-19-13/h5-6,13H,1-4,7-9H2. The lowest BCUT2D eigenvalue weighted by molar-refractivity contribution is -0.163. The van der Waals surface area contributed by atoms with Gasteiger partial charge in [0.25, 0.3) is 0 Å². The maximum absolute atomic E-state index is 9.00. The molecular formula is C15H17ClINO3. The van der Waals surface area contributed by atoms with Crippen LogP contribution in [0.2, 0.25) is 5.02 Å². The number of hydrogen-bond acceptors (Lipinski definition) is 4. The quantitative estimate of drug-likeness (QED) is 0.512. The van der Waals surface area contributed by atoms with Gasteiger partial charge in [-0.2, -0.15) is 5.26 Å². The van der Waals surface area contributed by atoms with Crippen LogP contribution in [-0.4, -0.2) is 26.1 Å². The minimum atomic E-state index is -0.0654. The van der Waals surface area contributed by atoms with Gasteiger partial charge in [0.05, 0.1) is 27.4 Å². The van der Waals surface area contributed by atoms with Gasteiger partial charge in [-0.25, -0.2) is 0 Å². The molecular weight excluding hydrogens is 405 g/mol. The second kappa shape index (κ2) is 8.79. The second-order valence-corrected chi connectivity index (χ2v) is 6.20. The predicted molar refractivity (Wildman–Crippen MR) is 88.5 cm³/mol. The monoisotopic (exact) mass is 421 g/mol. The molecule has 0 spiro atoms. The van der Waals surface area contributed by atoms with Crippen molar-refractivity contribution in [3.05, 3.63) is 26.3 Å². The Bertz CT molecular complexity index is 512. The molecule has 1 aromatic rings. The largest absolute Gasteiger partial charge is 0.491 e. The first kappa shape index (κ1) is 16.8. The van der Waals surface area contributed by atoms with Gasteiger partial charge in [0.1, 0.15) is 6.07 Å². The lowest BCUT2D eigenvalue weighted by atomic mass is 10.2. The molecule has 1 aromatic carbocycles. The van der Waals surface area contributed by atoms with Gasteiger partial charge < -0.3 is 14.2 Å². The summed E-state index contributed by atoms with van der Waals surface area (Å²) in [6, 6.07) is 5.50. The minimum absolute atomic E-state index is 0.0654. The second-order valence-electron chi connectivity index (χ2n) is 4.72. The molecule has 114 valence electrons. The molecule has 21 heavy (non-hydrogen) atoms. The van der Waals surface area contributed by atoms with Crippen LogP contribution in [0.3, 0.4) is 0 Å². The van der Waals surface area contributed by atoms with E-state index < -0.39 is 0 Å². The molecule has 0 bridgehead atoms. The third-order valence-electron chi connectivity index (χ3n) is 3.15. The number of halogens is 2. The molecule has 0 aromatic heterocycles. The van der Waals surface area contributed by atoms with Crippen LogP contribution in [-0.2, 0) is 9.47 Å². The molecule has 1 heterocycles. The van der Waals surface area contributed by atoms with Crippen LogP contribution in [0, 0.1) is 14.9 Å². The van der Waals surface area contributed by atoms with E-state index in [1.54, 1.807) is 12.1 Å². The number of ether oxygens (including phenoxy) is 3. The summed E-state index contributed by atoms with van der Waals surface area (Å²) < 4.78 is 17.6. The molecule has 1 unspecified atom stereocenters. The normalized spacial score (nSPS) is 18.2. The zero-order valence-electron chi connectivity index (χ0n) is 11.6. The fraction of sp³-hybridized carbons (Fsp3) is 0.533. The van der Waals surface area contributed by atoms with E-state index in [2.05, 4.69) is 28.7 Å². The zero-order chi connectivity index (χ0) is 15.1. The Kier molecular flexibility index (Phi) is 7.04. The van der Waals surface area contributed by atoms with Crippen LogP contribution in [0.15, 0.2) is 12.1 Å². The Morgan fingerprint density at radius 1 is 1.38 bits per heavy atom. The summed E-state index contributed by atoms with van der Waals surface area (Å²) in [5.74, 6) is 0.574. The first-order valence-electron chi connectivity index (χ1n) is 6.96. The molecule has 1 fully saturated rings. The molecule has 1 aliphatic rings. The highest BCUT2D eigenvalue weighted by molar-refractivity contribution is 14.1. The van der Waals surface area contributed by atoms with Crippen molar-refractivity contribution < 1.29 is 14.2 Å². The lowest BCUT2D eigenvalue weighted by Gasteiger charge is -2.22. The third-order valence-corrected chi connectivity index (χ3v) is 4.51. The molecule has 2 rings (SSSR count). The van der Waals surface area contributed by atoms with Crippen LogP contribution >= 0.6 is 34.2 Å². The first-order valence-corrected chi connectivity index (χ1v) is 8.42. The molecule has 0 amide bonds. The molecule has 0 radical (unpaired) electrons. The van der Waals surface area contributed by atoms with E-state index in [0.29, 0.717) is 29.5 Å². The molecule has 6 heteroatoms. The van der Waals surface area contributed by atoms with Crippen molar-refractivity contribution in [1.82, 2.24) is 0 Å². The molecule has 1 atom stereocenters. The molecule has 4 nitrogen and oxygen atoms in total. The molecule has 1 saturated heterocycles. The number of hydrogen-bond donors (Lipinski definition) is 0. The average Bonchev–Trinajstić information content (AvgIpc) is 2.51. The Hall–Kier alpha value is -0.550. The SMILES string of the molecule is N#Cc1ccc(Cl)c(OCCCOC2CCCCO2)c1I. The lowest BCUT2D eigenvalue weighted by Crippen LogP contribution is -2.23. The zero-order valence-corrected chi connectivity index (χ0v) is 14.5. The van der Waals surface area contributed by atoms with Gasteiger partial charge >= 0.3 is 0 Å². The minimum Gasteiger partial charge on any atom is -0.491 e. The van der Waals surface area contributed by atoms with Gasteiger partial charge in [0.2, 0.25) is 0 Å². The number of nitriles is 1. The highest BCUT2D eigenvalue weighted by Gasteiger charge is 2.14. The van der Waals surface area contributed by atoms with Crippen LogP contribution in [0.25, 0.3) is 0 Å². The summed E-state index contributed by atoms with van der Waals surface area (Å²) in [6.45, 7) is 1.88. The highest BCUT2D eigenvalue weighted by Crippen LogP contribution is 2.32. The highest BCUT2D eigenvalue weighted by atomic mass is 127. The van der Waals surface area contributed by atoms with Crippen LogP contribution < -0.4 is 4.74 Å². The van der Waals surface area contributed by atoms with E-state index in [9.17, 15) is 0 Å². The molecule has 0 aliphatic carbocycles. The van der Waals surface area contributed by atoms with Gasteiger partial charge in [0.15, 0.2) is 12.0 Å². The van der Waals surface area contributed by atoms with Gasteiger partial charge in [-0.1, -0.05) is 11.6 Å². The van der Waals surface area contributed by atoms with Crippen molar-refractivity contribution in [2.24, 2.45) is 0 Å². The summed E-state index contributed by atoms with van der Waals surface area (Å²) in [5, 5.41) is 9.52. The summed E-state index contributed by atoms with van der Waals surface area (Å²) in [7, 11) is 0. The van der Waals surface area contributed by atoms with Gasteiger partial charge in [0, 0.05) is 13.0 Å². The third kappa shape index (κ3) is 4.99. The maximum atomic E-state index is 9.00. The summed E-state index contributed by atoms with van der Waals surface area (Å²) in [6.07, 6.45) is 3.94. The van der Waals surface area contributed by atoms with Crippen molar-refractivity contribution in [2.75, 3.05) is 19.8 Å². The van der Waals surface area contributed by atoms with E-state index in [1.807, 2.05) is 0 Å². The Morgan fingerprint density at radius 2 is 2.24 bits per heavy atom. The van der Waals surface area contributed by atoms with Crippen LogP contribution in [0.1, 0.15) is 31.2 Å². The number of rotatable bonds is 6. The van der Waals surface area contributed by atoms with Crippen molar-refractivity contribution in [3.8, 4) is 11.8 Å². The van der Waals surface area contributed by atoms with Crippen molar-refractivity contribution in [1.29, 1.82) is 5.26 Å². The summed E-state index contributed by atoms with van der Waals surface area (Å²) >= 11 is 8.18. The van der Waals surface area contributed by atoms with Gasteiger partial charge in [-0.05, 0) is 54.0 Å². The van der Waals surface area contributed by atoms with Crippen molar-refractivity contribution in [3.63, 3.8) is 0 Å².